The normalized spacial score (nSPS) is 22.6. The topological polar surface area (TPSA) is 89.5 Å². The first-order chi connectivity index (χ1) is 9.57. The van der Waals surface area contributed by atoms with E-state index in [1.165, 1.54) is 0 Å². The van der Waals surface area contributed by atoms with Crippen molar-refractivity contribution in [3.05, 3.63) is 0 Å². The molecule has 122 valence electrons. The molecule has 0 radical (unpaired) electrons. The van der Waals surface area contributed by atoms with Gasteiger partial charge in [0.1, 0.15) is 5.92 Å². The lowest BCUT2D eigenvalue weighted by atomic mass is 9.80. The van der Waals surface area contributed by atoms with Crippen LogP contribution < -0.4 is 5.32 Å². The summed E-state index contributed by atoms with van der Waals surface area (Å²) in [5, 5.41) is 2.70. The number of hydrogen-bond acceptors (Lipinski definition) is 5. The Hall–Kier alpha value is -1.11. The highest BCUT2D eigenvalue weighted by atomic mass is 32.2. The molecule has 0 bridgehead atoms. The molecule has 0 spiro atoms. The predicted molar refractivity (Wildman–Crippen MR) is 79.3 cm³/mol. The summed E-state index contributed by atoms with van der Waals surface area (Å²) in [6.45, 7) is 7.60. The maximum Gasteiger partial charge on any atom is 0.319 e. The minimum absolute atomic E-state index is 0.0678. The standard InChI is InChI=1S/C14H25NO5S/c1-5-20-13(17)11(14(2,3)4)12(16)15-8-10-6-7-21(18,19)9-10/h10-11H,5-9H2,1-4H3,(H,15,16). The van der Waals surface area contributed by atoms with E-state index in [9.17, 15) is 18.0 Å². The van der Waals surface area contributed by atoms with Gasteiger partial charge >= 0.3 is 5.97 Å². The van der Waals surface area contributed by atoms with E-state index in [1.54, 1.807) is 27.7 Å². The smallest absolute Gasteiger partial charge is 0.319 e. The Balaban J connectivity index is 2.63. The molecule has 0 aliphatic carbocycles. The number of carbonyl (C=O) groups is 2. The van der Waals surface area contributed by atoms with Gasteiger partial charge in [0, 0.05) is 6.54 Å². The number of ether oxygens (including phenoxy) is 1. The van der Waals surface area contributed by atoms with Crippen LogP contribution in [-0.2, 0) is 24.2 Å². The van der Waals surface area contributed by atoms with Gasteiger partial charge < -0.3 is 10.1 Å². The first-order valence-electron chi connectivity index (χ1n) is 7.21. The van der Waals surface area contributed by atoms with Crippen molar-refractivity contribution in [2.75, 3.05) is 24.7 Å². The van der Waals surface area contributed by atoms with Gasteiger partial charge in [-0.05, 0) is 24.7 Å². The van der Waals surface area contributed by atoms with Crippen LogP contribution in [0.4, 0.5) is 0 Å². The largest absolute Gasteiger partial charge is 0.465 e. The molecular weight excluding hydrogens is 294 g/mol. The van der Waals surface area contributed by atoms with Gasteiger partial charge in [0.2, 0.25) is 5.91 Å². The van der Waals surface area contributed by atoms with Crippen molar-refractivity contribution >= 4 is 21.7 Å². The molecule has 1 N–H and O–H groups in total. The van der Waals surface area contributed by atoms with Crippen LogP contribution >= 0.6 is 0 Å². The number of esters is 1. The SMILES string of the molecule is CCOC(=O)C(C(=O)NCC1CCS(=O)(=O)C1)C(C)(C)C. The van der Waals surface area contributed by atoms with Crippen molar-refractivity contribution in [1.29, 1.82) is 0 Å². The second kappa shape index (κ2) is 6.77. The molecule has 0 aromatic rings. The van der Waals surface area contributed by atoms with E-state index < -0.39 is 33.0 Å². The summed E-state index contributed by atoms with van der Waals surface area (Å²) >= 11 is 0. The first kappa shape index (κ1) is 17.9. The Labute approximate surface area is 126 Å². The Morgan fingerprint density at radius 2 is 1.95 bits per heavy atom. The molecule has 6 nitrogen and oxygen atoms in total. The third-order valence-corrected chi connectivity index (χ3v) is 5.38. The van der Waals surface area contributed by atoms with Gasteiger partial charge in [-0.3, -0.25) is 9.59 Å². The number of sulfone groups is 1. The molecule has 1 aliphatic heterocycles. The lowest BCUT2D eigenvalue weighted by Gasteiger charge is -2.28. The van der Waals surface area contributed by atoms with E-state index >= 15 is 0 Å². The number of nitrogens with one attached hydrogen (secondary N) is 1. The fraction of sp³-hybridized carbons (Fsp3) is 0.857. The molecule has 1 rings (SSSR count). The van der Waals surface area contributed by atoms with Crippen LogP contribution in [0.25, 0.3) is 0 Å². The van der Waals surface area contributed by atoms with Gasteiger partial charge in [-0.15, -0.1) is 0 Å². The van der Waals surface area contributed by atoms with Crippen LogP contribution in [0.1, 0.15) is 34.1 Å². The number of hydrogen-bond donors (Lipinski definition) is 1. The average molecular weight is 319 g/mol. The number of carbonyl (C=O) groups excluding carboxylic acids is 2. The highest BCUT2D eigenvalue weighted by molar-refractivity contribution is 7.91. The molecule has 0 aromatic carbocycles. The molecule has 0 saturated carbocycles. The lowest BCUT2D eigenvalue weighted by Crippen LogP contribution is -2.45. The van der Waals surface area contributed by atoms with Gasteiger partial charge in [-0.25, -0.2) is 8.42 Å². The van der Waals surface area contributed by atoms with Gasteiger partial charge in [0.05, 0.1) is 18.1 Å². The molecule has 1 fully saturated rings. The minimum atomic E-state index is -2.96. The Bertz CT molecular complexity index is 492. The molecule has 7 heteroatoms. The highest BCUT2D eigenvalue weighted by Crippen LogP contribution is 2.27. The Kier molecular flexibility index (Phi) is 5.78. The summed E-state index contributed by atoms with van der Waals surface area (Å²) in [4.78, 5) is 24.2. The fourth-order valence-electron chi connectivity index (χ4n) is 2.46. The number of rotatable bonds is 5. The molecule has 21 heavy (non-hydrogen) atoms. The summed E-state index contributed by atoms with van der Waals surface area (Å²) in [6.07, 6.45) is 0.558. The fourth-order valence-corrected chi connectivity index (χ4v) is 4.32. The predicted octanol–water partition coefficient (Wildman–Crippen LogP) is 0.763. The summed E-state index contributed by atoms with van der Waals surface area (Å²) < 4.78 is 27.7. The Morgan fingerprint density at radius 3 is 2.38 bits per heavy atom. The summed E-state index contributed by atoms with van der Waals surface area (Å²) in [5.41, 5.74) is -0.557. The summed E-state index contributed by atoms with van der Waals surface area (Å²) in [7, 11) is -2.96. The first-order valence-corrected chi connectivity index (χ1v) is 9.03. The van der Waals surface area contributed by atoms with E-state index in [4.69, 9.17) is 4.74 Å². The van der Waals surface area contributed by atoms with Crippen LogP contribution in [-0.4, -0.2) is 45.0 Å². The van der Waals surface area contributed by atoms with Crippen LogP contribution in [0, 0.1) is 17.3 Å². The van der Waals surface area contributed by atoms with E-state index in [0.29, 0.717) is 6.42 Å². The summed E-state index contributed by atoms with van der Waals surface area (Å²) in [5.74, 6) is -1.62. The zero-order valence-corrected chi connectivity index (χ0v) is 14.0. The second-order valence-electron chi connectivity index (χ2n) is 6.57. The van der Waals surface area contributed by atoms with E-state index in [2.05, 4.69) is 5.32 Å². The molecule has 2 atom stereocenters. The van der Waals surface area contributed by atoms with Crippen LogP contribution in [0.3, 0.4) is 0 Å². The van der Waals surface area contributed by atoms with Gasteiger partial charge in [0.25, 0.3) is 0 Å². The maximum atomic E-state index is 12.3. The van der Waals surface area contributed by atoms with Crippen molar-refractivity contribution in [3.8, 4) is 0 Å². The molecular formula is C14H25NO5S. The van der Waals surface area contributed by atoms with Crippen LogP contribution in [0.15, 0.2) is 0 Å². The number of amides is 1. The molecule has 1 aliphatic rings. The monoisotopic (exact) mass is 319 g/mol. The van der Waals surface area contributed by atoms with Gasteiger partial charge in [-0.2, -0.15) is 0 Å². The van der Waals surface area contributed by atoms with Gasteiger partial charge in [0.15, 0.2) is 9.84 Å². The molecule has 0 aromatic heterocycles. The highest BCUT2D eigenvalue weighted by Gasteiger charge is 2.39. The van der Waals surface area contributed by atoms with Crippen molar-refractivity contribution in [1.82, 2.24) is 5.32 Å². The third kappa shape index (κ3) is 5.30. The molecule has 1 saturated heterocycles. The maximum absolute atomic E-state index is 12.3. The quantitative estimate of drug-likeness (QED) is 0.597. The van der Waals surface area contributed by atoms with E-state index in [-0.39, 0.29) is 30.6 Å². The van der Waals surface area contributed by atoms with Gasteiger partial charge in [-0.1, -0.05) is 20.8 Å². The lowest BCUT2D eigenvalue weighted by molar-refractivity contribution is -0.156. The zero-order chi connectivity index (χ0) is 16.3. The minimum Gasteiger partial charge on any atom is -0.465 e. The van der Waals surface area contributed by atoms with Crippen molar-refractivity contribution < 1.29 is 22.7 Å². The van der Waals surface area contributed by atoms with Crippen molar-refractivity contribution in [3.63, 3.8) is 0 Å². The Morgan fingerprint density at radius 1 is 1.33 bits per heavy atom. The second-order valence-corrected chi connectivity index (χ2v) is 8.79. The molecule has 1 amide bonds. The third-order valence-electron chi connectivity index (χ3n) is 3.54. The summed E-state index contributed by atoms with van der Waals surface area (Å²) in [6, 6.07) is 0. The van der Waals surface area contributed by atoms with Crippen molar-refractivity contribution in [2.24, 2.45) is 17.3 Å². The van der Waals surface area contributed by atoms with Crippen LogP contribution in [0.5, 0.6) is 0 Å². The van der Waals surface area contributed by atoms with E-state index in [0.717, 1.165) is 0 Å². The van der Waals surface area contributed by atoms with E-state index in [1.807, 2.05) is 0 Å². The molecule has 2 unspecified atom stereocenters. The zero-order valence-electron chi connectivity index (χ0n) is 13.1. The van der Waals surface area contributed by atoms with Crippen molar-refractivity contribution in [2.45, 2.75) is 34.1 Å². The molecule has 1 heterocycles. The average Bonchev–Trinajstić information content (AvgIpc) is 2.65. The van der Waals surface area contributed by atoms with Crippen LogP contribution in [0.2, 0.25) is 0 Å².